The van der Waals surface area contributed by atoms with Crippen LogP contribution < -0.4 is 0 Å². The lowest BCUT2D eigenvalue weighted by atomic mass is 9.41. The van der Waals surface area contributed by atoms with Gasteiger partial charge in [-0.2, -0.15) is 0 Å². The highest BCUT2D eigenvalue weighted by atomic mass is 16.8. The predicted molar refractivity (Wildman–Crippen MR) is 286 cm³/mol. The molecule has 10 rings (SSSR count). The molecule has 4 aliphatic carbocycles. The summed E-state index contributed by atoms with van der Waals surface area (Å²) in [6, 6.07) is 0. The number of rotatable bonds is 18. The minimum absolute atomic E-state index is 0.0701. The molecular weight excluding hydrogens is 1220 g/mol. The predicted octanol–water partition coefficient (Wildman–Crippen LogP) is -10.3. The fourth-order valence-corrected chi connectivity index (χ4v) is 16.9. The van der Waals surface area contributed by atoms with Crippen molar-refractivity contribution in [2.24, 2.45) is 28.1 Å². The first-order chi connectivity index (χ1) is 42.4. The van der Waals surface area contributed by atoms with E-state index in [1.807, 2.05) is 6.92 Å². The lowest BCUT2D eigenvalue weighted by molar-refractivity contribution is -0.406. The van der Waals surface area contributed by atoms with Gasteiger partial charge in [-0.05, 0) is 87.9 Å². The van der Waals surface area contributed by atoms with Gasteiger partial charge in [0, 0.05) is 0 Å². The van der Waals surface area contributed by atoms with E-state index in [0.717, 1.165) is 0 Å². The maximum atomic E-state index is 15.4. The second-order valence-corrected chi connectivity index (χ2v) is 27.1. The molecule has 0 aromatic rings. The van der Waals surface area contributed by atoms with Gasteiger partial charge in [0.2, 0.25) is 6.29 Å². The van der Waals surface area contributed by atoms with Gasteiger partial charge in [0.1, 0.15) is 146 Å². The van der Waals surface area contributed by atoms with Gasteiger partial charge in [-0.3, -0.25) is 4.79 Å². The van der Waals surface area contributed by atoms with E-state index in [-0.39, 0.29) is 31.6 Å². The smallest absolute Gasteiger partial charge is 0.314 e. The van der Waals surface area contributed by atoms with Gasteiger partial charge in [-0.15, -0.1) is 0 Å². The number of esters is 1. The quantitative estimate of drug-likeness (QED) is 0.0448. The number of ether oxygens (including phenoxy) is 12. The Morgan fingerprint density at radius 1 is 0.389 bits per heavy atom. The Bertz CT molecular complexity index is 2400. The van der Waals surface area contributed by atoms with Crippen LogP contribution in [0, 0.1) is 28.1 Å². The van der Waals surface area contributed by atoms with Gasteiger partial charge in [-0.1, -0.05) is 13.3 Å². The molecule has 0 aromatic heterocycles. The van der Waals surface area contributed by atoms with Crippen molar-refractivity contribution in [3.8, 4) is 0 Å². The van der Waals surface area contributed by atoms with Crippen LogP contribution in [0.2, 0.25) is 0 Å². The van der Waals surface area contributed by atoms with Crippen LogP contribution in [0.15, 0.2) is 0 Å². The number of hydrogen-bond acceptors (Lipinski definition) is 34. The lowest BCUT2D eigenvalue weighted by Gasteiger charge is -2.64. The van der Waals surface area contributed by atoms with Crippen LogP contribution in [0.1, 0.15) is 78.6 Å². The molecule has 3 unspecified atom stereocenters. The summed E-state index contributed by atoms with van der Waals surface area (Å²) in [6.45, 7) is -0.131. The highest BCUT2D eigenvalue weighted by Crippen LogP contribution is 2.74. The first-order valence-electron chi connectivity index (χ1n) is 30.8. The number of aliphatic hydroxyl groups excluding tert-OH is 20. The van der Waals surface area contributed by atoms with E-state index in [1.165, 1.54) is 0 Å². The minimum Gasteiger partial charge on any atom is -0.432 e. The zero-order chi connectivity index (χ0) is 65.6. The van der Waals surface area contributed by atoms with Crippen LogP contribution >= 0.6 is 0 Å². The summed E-state index contributed by atoms with van der Waals surface area (Å²) in [5, 5.41) is 228. The molecule has 0 aromatic carbocycles. The molecule has 37 atom stereocenters. The Morgan fingerprint density at radius 2 is 0.733 bits per heavy atom. The standard InChI is InChI=1S/C56H92O34/c1-52-7-4-8-53(2,51(77)89-49-43(87-47-39(75)35(71)29(65)21(13-59)81-47)41(31(67)23(15-61)83-49)85-45-37(73)33(69)27(63)19(11-57)79-45)25(52)5-9-55-17-54(3,78)56(18-55,10-6-26(52)55)90-50-44(88-48-40(76)36(72)30(66)22(14-60)82-48)42(32(68)24(16-62)84-50)86-46-38(74)34(70)28(64)20(12-58)80-46/h19-50,57-76,78H,4-18H2,1-3H3/t19-,20-,21-,22-,23-,24-,25?,26+,27+,28-,29-,30-,31-,32-,33+,34+,35+,36+,37-,38-,39-,40-,41+,42+,43-,44-,45+,46+,47+,48+,49+,50+,52-,53-,54-,55?,56?/m1/s1. The molecule has 0 amide bonds. The third-order valence-corrected chi connectivity index (χ3v) is 21.8. The molecule has 90 heavy (non-hydrogen) atoms. The molecular formula is C56H92O34. The molecule has 4 saturated carbocycles. The third kappa shape index (κ3) is 12.2. The SMILES string of the molecule is C[C@@]1(C(=O)O[C@@H]2O[C@H](CO)[C@@H](O)[C@H](O[C@@H]3O[C@H](CO)[C@H](O)[C@H](O)[C@H]3O)[C@H]2O[C@@H]2O[C@H](CO)[C@@H](O)[C@H](O)[C@H]2O)CCC[C@]2(C)C1CCC13CC(O[C@@H]4O[C@H](CO)[C@@H](O)[C@H](O[C@@H]5O[C@H](CO)[C@@H](O)[C@H](O)[C@H]5O)[C@H]4O[C@@H]4O[C@H](CO)[C@@H](O)[C@H](O)[C@H]4O)(CC[C@H]12)[C@](C)(O)C3. The summed E-state index contributed by atoms with van der Waals surface area (Å²) in [7, 11) is 0. The zero-order valence-electron chi connectivity index (χ0n) is 49.8. The van der Waals surface area contributed by atoms with Crippen LogP contribution in [0.4, 0.5) is 0 Å². The molecule has 10 fully saturated rings. The van der Waals surface area contributed by atoms with Crippen molar-refractivity contribution in [3.63, 3.8) is 0 Å². The zero-order valence-corrected chi connectivity index (χ0v) is 49.8. The van der Waals surface area contributed by atoms with Crippen LogP contribution in [-0.4, -0.2) is 348 Å². The van der Waals surface area contributed by atoms with E-state index in [4.69, 9.17) is 56.8 Å². The van der Waals surface area contributed by atoms with Crippen molar-refractivity contribution in [1.82, 2.24) is 0 Å². The second kappa shape index (κ2) is 27.2. The summed E-state index contributed by atoms with van der Waals surface area (Å²) in [4.78, 5) is 15.4. The molecule has 21 N–H and O–H groups in total. The van der Waals surface area contributed by atoms with Crippen molar-refractivity contribution in [3.05, 3.63) is 0 Å². The first-order valence-corrected chi connectivity index (χ1v) is 30.8. The largest absolute Gasteiger partial charge is 0.432 e. The summed E-state index contributed by atoms with van der Waals surface area (Å²) < 4.78 is 72.7. The van der Waals surface area contributed by atoms with Crippen molar-refractivity contribution >= 4 is 5.97 Å². The monoisotopic (exact) mass is 1310 g/mol. The maximum absolute atomic E-state index is 15.4. The van der Waals surface area contributed by atoms with Gasteiger partial charge in [0.05, 0.1) is 50.7 Å². The van der Waals surface area contributed by atoms with Gasteiger partial charge in [0.25, 0.3) is 0 Å². The molecule has 34 heteroatoms. The average molecular weight is 1310 g/mol. The van der Waals surface area contributed by atoms with Crippen molar-refractivity contribution in [2.45, 2.75) is 274 Å². The Morgan fingerprint density at radius 3 is 1.13 bits per heavy atom. The van der Waals surface area contributed by atoms with E-state index >= 15 is 4.79 Å². The van der Waals surface area contributed by atoms with E-state index in [0.29, 0.717) is 32.1 Å². The molecule has 6 saturated heterocycles. The average Bonchev–Trinajstić information content (AvgIpc) is 1.45. The summed E-state index contributed by atoms with van der Waals surface area (Å²) in [5.74, 6) is -1.66. The number of carbonyl (C=O) groups excluding carboxylic acids is 1. The fourth-order valence-electron chi connectivity index (χ4n) is 16.9. The minimum atomic E-state index is -2.09. The lowest BCUT2D eigenvalue weighted by Crippen LogP contribution is -2.68. The Labute approximate surface area is 515 Å². The van der Waals surface area contributed by atoms with Crippen molar-refractivity contribution in [1.29, 1.82) is 0 Å². The normalized spacial score (nSPS) is 55.6. The summed E-state index contributed by atoms with van der Waals surface area (Å²) in [6.07, 6.45) is -53.9. The Hall–Kier alpha value is -1.81. The maximum Gasteiger partial charge on any atom is 0.314 e. The van der Waals surface area contributed by atoms with Gasteiger partial charge in [0.15, 0.2) is 37.6 Å². The van der Waals surface area contributed by atoms with Crippen LogP contribution in [0.25, 0.3) is 0 Å². The first kappa shape index (κ1) is 71.0. The van der Waals surface area contributed by atoms with Crippen LogP contribution in [0.5, 0.6) is 0 Å². The Kier molecular flexibility index (Phi) is 21.5. The van der Waals surface area contributed by atoms with Crippen LogP contribution in [0.3, 0.4) is 0 Å². The van der Waals surface area contributed by atoms with Crippen molar-refractivity contribution in [2.75, 3.05) is 39.6 Å². The highest BCUT2D eigenvalue weighted by Gasteiger charge is 2.74. The van der Waals surface area contributed by atoms with E-state index in [1.54, 1.807) is 13.8 Å². The number of fused-ring (bicyclic) bond motifs is 3. The second-order valence-electron chi connectivity index (χ2n) is 27.1. The topological polar surface area (TPSA) is 553 Å². The highest BCUT2D eigenvalue weighted by molar-refractivity contribution is 5.77. The number of carbonyl (C=O) groups is 1. The van der Waals surface area contributed by atoms with Crippen LogP contribution in [-0.2, 0) is 61.6 Å². The van der Waals surface area contributed by atoms with Gasteiger partial charge >= 0.3 is 5.97 Å². The number of hydrogen-bond donors (Lipinski definition) is 21. The Balaban J connectivity index is 0.932. The van der Waals surface area contributed by atoms with E-state index < -0.39 is 263 Å². The summed E-state index contributed by atoms with van der Waals surface area (Å²) in [5.41, 5.74) is -6.22. The van der Waals surface area contributed by atoms with Crippen molar-refractivity contribution < 1.29 is 169 Å². The molecule has 2 bridgehead atoms. The molecule has 6 aliphatic heterocycles. The molecule has 10 aliphatic rings. The summed E-state index contributed by atoms with van der Waals surface area (Å²) >= 11 is 0. The van der Waals surface area contributed by atoms with E-state index in [9.17, 15) is 107 Å². The molecule has 1 spiro atoms. The molecule has 520 valence electrons. The molecule has 0 radical (unpaired) electrons. The molecule has 34 nitrogen and oxygen atoms in total. The van der Waals surface area contributed by atoms with Gasteiger partial charge < -0.3 is 164 Å². The van der Waals surface area contributed by atoms with E-state index in [2.05, 4.69) is 0 Å². The third-order valence-electron chi connectivity index (χ3n) is 21.8. The molecule has 6 heterocycles. The fraction of sp³-hybridized carbons (Fsp3) is 0.982. The number of aliphatic hydroxyl groups is 21. The van der Waals surface area contributed by atoms with Gasteiger partial charge in [-0.25, -0.2) is 0 Å².